The Morgan fingerprint density at radius 2 is 1.65 bits per heavy atom. The number of carbonyl (C=O) groups is 1. The Balaban J connectivity index is 1.58. The van der Waals surface area contributed by atoms with Crippen LogP contribution in [0.1, 0.15) is 24.5 Å². The molecule has 0 aromatic heterocycles. The first kappa shape index (κ1) is 25.8. The van der Waals surface area contributed by atoms with Crippen molar-refractivity contribution in [3.63, 3.8) is 0 Å². The quantitative estimate of drug-likeness (QED) is 0.355. The fourth-order valence-electron chi connectivity index (χ4n) is 3.32. The van der Waals surface area contributed by atoms with Crippen LogP contribution in [0.4, 0.5) is 10.1 Å². The highest BCUT2D eigenvalue weighted by molar-refractivity contribution is 7.98. The van der Waals surface area contributed by atoms with Crippen LogP contribution >= 0.6 is 11.8 Å². The topological polar surface area (TPSA) is 66.5 Å². The Bertz CT molecular complexity index is 1170. The predicted molar refractivity (Wildman–Crippen MR) is 137 cm³/mol. The van der Waals surface area contributed by atoms with Gasteiger partial charge in [-0.1, -0.05) is 55.5 Å². The van der Waals surface area contributed by atoms with Crippen molar-refractivity contribution in [2.75, 3.05) is 23.1 Å². The molecule has 0 aliphatic heterocycles. The summed E-state index contributed by atoms with van der Waals surface area (Å²) in [6.07, 6.45) is 1.53. The van der Waals surface area contributed by atoms with Gasteiger partial charge >= 0.3 is 0 Å². The second-order valence-corrected chi connectivity index (χ2v) is 10.7. The van der Waals surface area contributed by atoms with Gasteiger partial charge in [-0.15, -0.1) is 0 Å². The zero-order valence-corrected chi connectivity index (χ0v) is 20.7. The summed E-state index contributed by atoms with van der Waals surface area (Å²) in [7, 11) is -3.91. The number of thioether (sulfide) groups is 1. The van der Waals surface area contributed by atoms with Gasteiger partial charge in [0.25, 0.3) is 10.0 Å². The van der Waals surface area contributed by atoms with Gasteiger partial charge < -0.3 is 5.32 Å². The summed E-state index contributed by atoms with van der Waals surface area (Å²) in [4.78, 5) is 12.8. The Labute approximate surface area is 205 Å². The van der Waals surface area contributed by atoms with Gasteiger partial charge in [0.15, 0.2) is 0 Å². The lowest BCUT2D eigenvalue weighted by atomic mass is 10.1. The van der Waals surface area contributed by atoms with Gasteiger partial charge in [0, 0.05) is 12.3 Å². The lowest BCUT2D eigenvalue weighted by molar-refractivity contribution is -0.119. The lowest BCUT2D eigenvalue weighted by Gasteiger charge is -2.24. The molecule has 5 nitrogen and oxygen atoms in total. The van der Waals surface area contributed by atoms with Gasteiger partial charge in [-0.2, -0.15) is 11.8 Å². The van der Waals surface area contributed by atoms with E-state index in [0.717, 1.165) is 22.0 Å². The normalized spacial score (nSPS) is 11.2. The van der Waals surface area contributed by atoms with E-state index in [-0.39, 0.29) is 23.2 Å². The molecule has 0 saturated carbocycles. The van der Waals surface area contributed by atoms with Crippen LogP contribution in [-0.2, 0) is 27.0 Å². The molecule has 0 radical (unpaired) electrons. The monoisotopic (exact) mass is 500 g/mol. The number of amides is 1. The second kappa shape index (κ2) is 12.6. The third-order valence-electron chi connectivity index (χ3n) is 5.25. The molecule has 3 aromatic rings. The molecule has 0 aliphatic carbocycles. The van der Waals surface area contributed by atoms with Gasteiger partial charge in [0.05, 0.1) is 10.6 Å². The molecule has 0 heterocycles. The van der Waals surface area contributed by atoms with Crippen molar-refractivity contribution >= 4 is 33.4 Å². The molecule has 1 N–H and O–H groups in total. The zero-order valence-electron chi connectivity index (χ0n) is 19.1. The number of hydrogen-bond acceptors (Lipinski definition) is 4. The summed E-state index contributed by atoms with van der Waals surface area (Å²) in [5.74, 6) is 0.726. The van der Waals surface area contributed by atoms with E-state index in [0.29, 0.717) is 30.0 Å². The predicted octanol–water partition coefficient (Wildman–Crippen LogP) is 5.02. The molecular formula is C26H29FN2O3S2. The maximum atomic E-state index is 13.7. The van der Waals surface area contributed by atoms with Gasteiger partial charge in [-0.25, -0.2) is 12.8 Å². The standard InChI is InChI=1S/C26H29FN2O3S2/c1-2-21-13-15-23(16-14-21)29(34(31,32)24-10-4-3-5-11-24)19-26(30)28-17-8-18-33-20-22-9-6-7-12-25(22)27/h3-7,9-16H,2,8,17-20H2,1H3,(H,28,30). The number of halogens is 1. The van der Waals surface area contributed by atoms with Gasteiger partial charge in [0.2, 0.25) is 5.91 Å². The average molecular weight is 501 g/mol. The highest BCUT2D eigenvalue weighted by atomic mass is 32.2. The molecule has 180 valence electrons. The molecule has 0 spiro atoms. The summed E-state index contributed by atoms with van der Waals surface area (Å²) in [6.45, 7) is 2.12. The minimum Gasteiger partial charge on any atom is -0.354 e. The van der Waals surface area contributed by atoms with Crippen molar-refractivity contribution in [3.05, 3.63) is 95.8 Å². The maximum Gasteiger partial charge on any atom is 0.264 e. The summed E-state index contributed by atoms with van der Waals surface area (Å²) >= 11 is 1.59. The van der Waals surface area contributed by atoms with Crippen LogP contribution in [0.3, 0.4) is 0 Å². The molecule has 34 heavy (non-hydrogen) atoms. The molecular weight excluding hydrogens is 471 g/mol. The minimum absolute atomic E-state index is 0.131. The van der Waals surface area contributed by atoms with E-state index < -0.39 is 10.0 Å². The van der Waals surface area contributed by atoms with E-state index in [2.05, 4.69) is 5.32 Å². The van der Waals surface area contributed by atoms with Crippen molar-refractivity contribution in [1.29, 1.82) is 0 Å². The molecule has 0 fully saturated rings. The molecule has 0 saturated heterocycles. The first-order valence-corrected chi connectivity index (χ1v) is 13.8. The first-order chi connectivity index (χ1) is 16.4. The third kappa shape index (κ3) is 7.08. The Morgan fingerprint density at radius 1 is 0.971 bits per heavy atom. The van der Waals surface area contributed by atoms with Crippen LogP contribution in [0.5, 0.6) is 0 Å². The third-order valence-corrected chi connectivity index (χ3v) is 8.13. The highest BCUT2D eigenvalue weighted by Gasteiger charge is 2.27. The molecule has 8 heteroatoms. The smallest absolute Gasteiger partial charge is 0.264 e. The summed E-state index contributed by atoms with van der Waals surface area (Å²) in [6, 6.07) is 22.0. The number of nitrogens with one attached hydrogen (secondary N) is 1. The number of sulfonamides is 1. The zero-order chi connectivity index (χ0) is 24.4. The van der Waals surface area contributed by atoms with Crippen LogP contribution in [0.15, 0.2) is 83.8 Å². The van der Waals surface area contributed by atoms with Crippen LogP contribution in [0.25, 0.3) is 0 Å². The molecule has 3 aromatic carbocycles. The Kier molecular flexibility index (Phi) is 9.53. The fraction of sp³-hybridized carbons (Fsp3) is 0.269. The van der Waals surface area contributed by atoms with E-state index in [4.69, 9.17) is 0 Å². The number of aryl methyl sites for hydroxylation is 1. The molecule has 0 atom stereocenters. The molecule has 0 aliphatic rings. The van der Waals surface area contributed by atoms with Crippen LogP contribution < -0.4 is 9.62 Å². The van der Waals surface area contributed by atoms with Crippen LogP contribution in [0.2, 0.25) is 0 Å². The Hall–Kier alpha value is -2.84. The minimum atomic E-state index is -3.91. The average Bonchev–Trinajstić information content (AvgIpc) is 2.86. The number of benzene rings is 3. The van der Waals surface area contributed by atoms with E-state index in [9.17, 15) is 17.6 Å². The molecule has 0 unspecified atom stereocenters. The second-order valence-electron chi connectivity index (χ2n) is 7.69. The van der Waals surface area contributed by atoms with Crippen molar-refractivity contribution in [2.45, 2.75) is 30.4 Å². The SMILES string of the molecule is CCc1ccc(N(CC(=O)NCCCSCc2ccccc2F)S(=O)(=O)c2ccccc2)cc1. The van der Waals surface area contributed by atoms with E-state index >= 15 is 0 Å². The molecule has 3 rings (SSSR count). The fourth-order valence-corrected chi connectivity index (χ4v) is 5.71. The summed E-state index contributed by atoms with van der Waals surface area (Å²) in [5, 5.41) is 2.81. The van der Waals surface area contributed by atoms with Gasteiger partial charge in [0.1, 0.15) is 12.4 Å². The van der Waals surface area contributed by atoms with Crippen molar-refractivity contribution in [1.82, 2.24) is 5.32 Å². The van der Waals surface area contributed by atoms with Crippen molar-refractivity contribution in [2.24, 2.45) is 0 Å². The van der Waals surface area contributed by atoms with Gasteiger partial charge in [-0.05, 0) is 60.1 Å². The van der Waals surface area contributed by atoms with E-state index in [1.54, 1.807) is 54.2 Å². The summed E-state index contributed by atoms with van der Waals surface area (Å²) < 4.78 is 41.4. The molecule has 0 bridgehead atoms. The van der Waals surface area contributed by atoms with Crippen molar-refractivity contribution < 1.29 is 17.6 Å². The number of carbonyl (C=O) groups excluding carboxylic acids is 1. The first-order valence-electron chi connectivity index (χ1n) is 11.2. The summed E-state index contributed by atoms with van der Waals surface area (Å²) in [5.41, 5.74) is 2.18. The van der Waals surface area contributed by atoms with E-state index in [1.165, 1.54) is 18.2 Å². The Morgan fingerprint density at radius 3 is 2.32 bits per heavy atom. The number of rotatable bonds is 12. The van der Waals surface area contributed by atoms with E-state index in [1.807, 2.05) is 25.1 Å². The number of hydrogen-bond donors (Lipinski definition) is 1. The number of nitrogens with zero attached hydrogens (tertiary/aromatic N) is 1. The largest absolute Gasteiger partial charge is 0.354 e. The highest BCUT2D eigenvalue weighted by Crippen LogP contribution is 2.24. The van der Waals surface area contributed by atoms with Crippen LogP contribution in [-0.4, -0.2) is 33.2 Å². The number of anilines is 1. The lowest BCUT2D eigenvalue weighted by Crippen LogP contribution is -2.41. The maximum absolute atomic E-state index is 13.7. The molecule has 1 amide bonds. The van der Waals surface area contributed by atoms with Gasteiger partial charge in [-0.3, -0.25) is 9.10 Å². The van der Waals surface area contributed by atoms with Crippen molar-refractivity contribution in [3.8, 4) is 0 Å². The van der Waals surface area contributed by atoms with Crippen LogP contribution in [0, 0.1) is 5.82 Å².